The summed E-state index contributed by atoms with van der Waals surface area (Å²) in [5.41, 5.74) is 1.06. The average molecular weight is 281 g/mol. The second-order valence-corrected chi connectivity index (χ2v) is 5.11. The molecule has 0 fully saturated rings. The van der Waals surface area contributed by atoms with Crippen LogP contribution in [0.15, 0.2) is 23.0 Å². The Morgan fingerprint density at radius 2 is 2.05 bits per heavy atom. The lowest BCUT2D eigenvalue weighted by molar-refractivity contribution is 0.628. The number of benzene rings is 1. The van der Waals surface area contributed by atoms with Crippen molar-refractivity contribution in [2.24, 2.45) is 0 Å². The standard InChI is InChI=1S/C14H14ClFN2O/c1-7(2)13-17-12(8(3)14(19)18-13)10-6-9(16)4-5-11(10)15/h4-7H,1-3H3,(H,17,18,19). The molecular weight excluding hydrogens is 267 g/mol. The summed E-state index contributed by atoms with van der Waals surface area (Å²) in [5.74, 6) is 0.220. The molecule has 0 aliphatic heterocycles. The molecule has 2 rings (SSSR count). The Labute approximate surface area is 115 Å². The zero-order valence-corrected chi connectivity index (χ0v) is 11.7. The monoisotopic (exact) mass is 280 g/mol. The topological polar surface area (TPSA) is 45.8 Å². The van der Waals surface area contributed by atoms with Crippen molar-refractivity contribution in [1.29, 1.82) is 0 Å². The lowest BCUT2D eigenvalue weighted by atomic mass is 10.1. The molecule has 2 aromatic rings. The predicted octanol–water partition coefficient (Wildman–Crippen LogP) is 3.66. The van der Waals surface area contributed by atoms with E-state index in [4.69, 9.17) is 11.6 Å². The summed E-state index contributed by atoms with van der Waals surface area (Å²) in [6.45, 7) is 5.49. The third-order valence-corrected chi connectivity index (χ3v) is 3.23. The zero-order valence-electron chi connectivity index (χ0n) is 10.9. The van der Waals surface area contributed by atoms with Crippen LogP contribution in [0.25, 0.3) is 11.3 Å². The highest BCUT2D eigenvalue weighted by Gasteiger charge is 2.14. The Morgan fingerprint density at radius 3 is 2.68 bits per heavy atom. The maximum atomic E-state index is 13.4. The smallest absolute Gasteiger partial charge is 0.254 e. The van der Waals surface area contributed by atoms with Crippen molar-refractivity contribution >= 4 is 11.6 Å². The number of nitrogens with zero attached hydrogens (tertiary/aromatic N) is 1. The van der Waals surface area contributed by atoms with Gasteiger partial charge in [-0.2, -0.15) is 0 Å². The number of H-pyrrole nitrogens is 1. The third-order valence-electron chi connectivity index (χ3n) is 2.90. The van der Waals surface area contributed by atoms with Gasteiger partial charge >= 0.3 is 0 Å². The van der Waals surface area contributed by atoms with Crippen LogP contribution in [0.4, 0.5) is 4.39 Å². The molecule has 100 valence electrons. The summed E-state index contributed by atoms with van der Waals surface area (Å²) in [4.78, 5) is 19.0. The fraction of sp³-hybridized carbons (Fsp3) is 0.286. The minimum atomic E-state index is -0.410. The molecule has 0 radical (unpaired) electrons. The molecule has 0 saturated heterocycles. The lowest BCUT2D eigenvalue weighted by Gasteiger charge is -2.11. The maximum Gasteiger partial charge on any atom is 0.254 e. The first-order valence-corrected chi connectivity index (χ1v) is 6.34. The number of hydrogen-bond acceptors (Lipinski definition) is 2. The molecule has 1 aromatic heterocycles. The van der Waals surface area contributed by atoms with E-state index in [0.29, 0.717) is 27.7 Å². The number of nitrogens with one attached hydrogen (secondary N) is 1. The second-order valence-electron chi connectivity index (χ2n) is 4.70. The van der Waals surface area contributed by atoms with Gasteiger partial charge in [0.25, 0.3) is 5.56 Å². The molecule has 3 nitrogen and oxygen atoms in total. The first kappa shape index (κ1) is 13.7. The summed E-state index contributed by atoms with van der Waals surface area (Å²) in [5, 5.41) is 0.373. The maximum absolute atomic E-state index is 13.4. The van der Waals surface area contributed by atoms with Crippen molar-refractivity contribution in [3.05, 3.63) is 50.8 Å². The van der Waals surface area contributed by atoms with E-state index in [1.165, 1.54) is 18.2 Å². The van der Waals surface area contributed by atoms with E-state index in [1.807, 2.05) is 13.8 Å². The van der Waals surface area contributed by atoms with Gasteiger partial charge < -0.3 is 4.98 Å². The molecule has 0 spiro atoms. The van der Waals surface area contributed by atoms with Crippen LogP contribution >= 0.6 is 11.6 Å². The fourth-order valence-electron chi connectivity index (χ4n) is 1.76. The molecule has 0 atom stereocenters. The minimum Gasteiger partial charge on any atom is -0.310 e. The van der Waals surface area contributed by atoms with E-state index in [0.717, 1.165) is 0 Å². The largest absolute Gasteiger partial charge is 0.310 e. The minimum absolute atomic E-state index is 0.0689. The fourth-order valence-corrected chi connectivity index (χ4v) is 1.97. The van der Waals surface area contributed by atoms with E-state index >= 15 is 0 Å². The van der Waals surface area contributed by atoms with Crippen molar-refractivity contribution in [2.75, 3.05) is 0 Å². The highest BCUT2D eigenvalue weighted by molar-refractivity contribution is 6.33. The zero-order chi connectivity index (χ0) is 14.2. The molecule has 1 heterocycles. The molecule has 0 amide bonds. The van der Waals surface area contributed by atoms with Gasteiger partial charge in [0.1, 0.15) is 11.6 Å². The van der Waals surface area contributed by atoms with Gasteiger partial charge in [-0.3, -0.25) is 4.79 Å². The van der Waals surface area contributed by atoms with E-state index in [2.05, 4.69) is 9.97 Å². The summed E-state index contributed by atoms with van der Waals surface area (Å²) in [6, 6.07) is 4.03. The number of hydrogen-bond donors (Lipinski definition) is 1. The summed E-state index contributed by atoms with van der Waals surface area (Å²) >= 11 is 6.07. The molecule has 19 heavy (non-hydrogen) atoms. The Morgan fingerprint density at radius 1 is 1.37 bits per heavy atom. The van der Waals surface area contributed by atoms with Crippen molar-refractivity contribution in [3.63, 3.8) is 0 Å². The molecule has 0 aliphatic rings. The number of aromatic nitrogens is 2. The Balaban J connectivity index is 2.74. The molecule has 0 aliphatic carbocycles. The second kappa shape index (κ2) is 5.13. The van der Waals surface area contributed by atoms with Crippen LogP contribution < -0.4 is 5.56 Å². The van der Waals surface area contributed by atoms with Crippen LogP contribution in [0.1, 0.15) is 31.2 Å². The van der Waals surface area contributed by atoms with Crippen molar-refractivity contribution in [3.8, 4) is 11.3 Å². The van der Waals surface area contributed by atoms with E-state index < -0.39 is 5.82 Å². The van der Waals surface area contributed by atoms with Gasteiger partial charge in [-0.05, 0) is 25.1 Å². The van der Waals surface area contributed by atoms with Crippen LogP contribution in [0.2, 0.25) is 5.02 Å². The predicted molar refractivity (Wildman–Crippen MR) is 74.1 cm³/mol. The van der Waals surface area contributed by atoms with Gasteiger partial charge in [0, 0.05) is 17.0 Å². The number of aromatic amines is 1. The van der Waals surface area contributed by atoms with E-state index in [1.54, 1.807) is 6.92 Å². The van der Waals surface area contributed by atoms with Gasteiger partial charge in [0.15, 0.2) is 0 Å². The van der Waals surface area contributed by atoms with E-state index in [-0.39, 0.29) is 11.5 Å². The van der Waals surface area contributed by atoms with Crippen LogP contribution in [-0.2, 0) is 0 Å². The quantitative estimate of drug-likeness (QED) is 0.912. The highest BCUT2D eigenvalue weighted by Crippen LogP contribution is 2.28. The molecule has 0 saturated carbocycles. The first-order chi connectivity index (χ1) is 8.90. The summed E-state index contributed by atoms with van der Waals surface area (Å²) in [6.07, 6.45) is 0. The van der Waals surface area contributed by atoms with E-state index in [9.17, 15) is 9.18 Å². The Bertz CT molecular complexity index is 680. The van der Waals surface area contributed by atoms with Crippen molar-refractivity contribution < 1.29 is 4.39 Å². The average Bonchev–Trinajstić information content (AvgIpc) is 2.35. The first-order valence-electron chi connectivity index (χ1n) is 5.96. The SMILES string of the molecule is Cc1c(-c2cc(F)ccc2Cl)nc(C(C)C)[nH]c1=O. The number of halogens is 2. The van der Waals surface area contributed by atoms with Gasteiger partial charge in [0.2, 0.25) is 0 Å². The van der Waals surface area contributed by atoms with Gasteiger partial charge in [0.05, 0.1) is 10.7 Å². The van der Waals surface area contributed by atoms with Gasteiger partial charge in [-0.15, -0.1) is 0 Å². The van der Waals surface area contributed by atoms with Gasteiger partial charge in [-0.25, -0.2) is 9.37 Å². The highest BCUT2D eigenvalue weighted by atomic mass is 35.5. The van der Waals surface area contributed by atoms with Crippen LogP contribution in [-0.4, -0.2) is 9.97 Å². The number of rotatable bonds is 2. The molecule has 0 unspecified atom stereocenters. The third kappa shape index (κ3) is 2.68. The van der Waals surface area contributed by atoms with Crippen LogP contribution in [0.5, 0.6) is 0 Å². The lowest BCUT2D eigenvalue weighted by Crippen LogP contribution is -2.17. The molecule has 1 aromatic carbocycles. The van der Waals surface area contributed by atoms with Gasteiger partial charge in [-0.1, -0.05) is 25.4 Å². The Hall–Kier alpha value is -1.68. The Kier molecular flexibility index (Phi) is 3.71. The normalized spacial score (nSPS) is 11.1. The van der Waals surface area contributed by atoms with Crippen molar-refractivity contribution in [1.82, 2.24) is 9.97 Å². The van der Waals surface area contributed by atoms with Crippen molar-refractivity contribution in [2.45, 2.75) is 26.7 Å². The summed E-state index contributed by atoms with van der Waals surface area (Å²) < 4.78 is 13.4. The molecule has 5 heteroatoms. The van der Waals surface area contributed by atoms with Crippen LogP contribution in [0.3, 0.4) is 0 Å². The molecular formula is C14H14ClFN2O. The van der Waals surface area contributed by atoms with Crippen LogP contribution in [0, 0.1) is 12.7 Å². The molecule has 0 bridgehead atoms. The summed E-state index contributed by atoms with van der Waals surface area (Å²) in [7, 11) is 0. The molecule has 1 N–H and O–H groups in total.